The number of carbonyl (C=O) groups excluding carboxylic acids is 2. The van der Waals surface area contributed by atoms with Crippen LogP contribution in [0.5, 0.6) is 0 Å². The number of imidazole rings is 1. The first-order valence-electron chi connectivity index (χ1n) is 10.9. The van der Waals surface area contributed by atoms with Gasteiger partial charge in [0.1, 0.15) is 6.54 Å². The third kappa shape index (κ3) is 4.85. The normalized spacial score (nSPS) is 19.0. The molecule has 2 aliphatic rings. The average molecular weight is 436 g/mol. The number of carbonyl (C=O) groups is 2. The van der Waals surface area contributed by atoms with Gasteiger partial charge >= 0.3 is 6.18 Å². The van der Waals surface area contributed by atoms with Gasteiger partial charge in [-0.2, -0.15) is 13.2 Å². The molecule has 2 fully saturated rings. The molecule has 1 aliphatic heterocycles. The maximum absolute atomic E-state index is 13.4. The van der Waals surface area contributed by atoms with Crippen molar-refractivity contribution >= 4 is 22.8 Å². The minimum atomic E-state index is -4.65. The van der Waals surface area contributed by atoms with E-state index in [9.17, 15) is 22.8 Å². The van der Waals surface area contributed by atoms with Crippen LogP contribution in [0.3, 0.4) is 0 Å². The Balaban J connectivity index is 1.36. The number of fused-ring (bicyclic) bond motifs is 1. The highest BCUT2D eigenvalue weighted by molar-refractivity contribution is 5.81. The van der Waals surface area contributed by atoms with E-state index in [4.69, 9.17) is 0 Å². The molecule has 2 aromatic rings. The number of aromatic nitrogens is 2. The predicted octanol–water partition coefficient (Wildman–Crippen LogP) is 3.74. The maximum atomic E-state index is 13.4. The SMILES string of the molecule is O=C(Cn1c(C(F)(F)F)nc2ccccc21)NC1CCN(C(=O)C2CCCCC2)CC1. The van der Waals surface area contributed by atoms with Gasteiger partial charge in [0.25, 0.3) is 0 Å². The fourth-order valence-electron chi connectivity index (χ4n) is 4.72. The van der Waals surface area contributed by atoms with Crippen LogP contribution in [0.25, 0.3) is 11.0 Å². The largest absolute Gasteiger partial charge is 0.449 e. The quantitative estimate of drug-likeness (QED) is 0.794. The first-order chi connectivity index (χ1) is 14.8. The summed E-state index contributed by atoms with van der Waals surface area (Å²) in [4.78, 5) is 30.8. The second kappa shape index (κ2) is 8.88. The predicted molar refractivity (Wildman–Crippen MR) is 109 cm³/mol. The molecular formula is C22H27F3N4O2. The van der Waals surface area contributed by atoms with Crippen LogP contribution in [0.15, 0.2) is 24.3 Å². The molecule has 0 spiro atoms. The molecule has 31 heavy (non-hydrogen) atoms. The van der Waals surface area contributed by atoms with Crippen LogP contribution in [-0.2, 0) is 22.3 Å². The van der Waals surface area contributed by atoms with Crippen LogP contribution < -0.4 is 5.32 Å². The van der Waals surface area contributed by atoms with Gasteiger partial charge in [-0.15, -0.1) is 0 Å². The minimum absolute atomic E-state index is 0.121. The van der Waals surface area contributed by atoms with E-state index in [1.165, 1.54) is 18.6 Å². The minimum Gasteiger partial charge on any atom is -0.352 e. The first kappa shape index (κ1) is 21.6. The van der Waals surface area contributed by atoms with Crippen molar-refractivity contribution < 1.29 is 22.8 Å². The van der Waals surface area contributed by atoms with Gasteiger partial charge in [-0.25, -0.2) is 4.98 Å². The van der Waals surface area contributed by atoms with Crippen molar-refractivity contribution in [2.24, 2.45) is 5.92 Å². The molecule has 0 bridgehead atoms. The summed E-state index contributed by atoms with van der Waals surface area (Å²) in [6, 6.07) is 6.12. The number of para-hydroxylation sites is 2. The van der Waals surface area contributed by atoms with E-state index in [2.05, 4.69) is 10.3 Å². The smallest absolute Gasteiger partial charge is 0.352 e. The highest BCUT2D eigenvalue weighted by Gasteiger charge is 2.38. The van der Waals surface area contributed by atoms with Gasteiger partial charge in [0.15, 0.2) is 0 Å². The molecule has 2 amide bonds. The van der Waals surface area contributed by atoms with Crippen LogP contribution in [0.2, 0.25) is 0 Å². The summed E-state index contributed by atoms with van der Waals surface area (Å²) in [6.45, 7) is 0.695. The zero-order chi connectivity index (χ0) is 22.0. The third-order valence-corrected chi connectivity index (χ3v) is 6.34. The van der Waals surface area contributed by atoms with E-state index in [0.29, 0.717) is 25.9 Å². The van der Waals surface area contributed by atoms with Crippen molar-refractivity contribution in [2.75, 3.05) is 13.1 Å². The van der Waals surface area contributed by atoms with E-state index in [1.807, 2.05) is 4.90 Å². The molecule has 0 radical (unpaired) electrons. The Morgan fingerprint density at radius 2 is 1.71 bits per heavy atom. The van der Waals surface area contributed by atoms with E-state index in [1.54, 1.807) is 12.1 Å². The second-order valence-electron chi connectivity index (χ2n) is 8.51. The Morgan fingerprint density at radius 1 is 1.03 bits per heavy atom. The molecule has 1 N–H and O–H groups in total. The van der Waals surface area contributed by atoms with E-state index in [0.717, 1.165) is 30.3 Å². The lowest BCUT2D eigenvalue weighted by Crippen LogP contribution is -2.48. The number of nitrogens with zero attached hydrogens (tertiary/aromatic N) is 3. The number of amides is 2. The van der Waals surface area contributed by atoms with Crippen LogP contribution in [0.4, 0.5) is 13.2 Å². The van der Waals surface area contributed by atoms with Crippen molar-refractivity contribution in [3.63, 3.8) is 0 Å². The molecule has 2 heterocycles. The van der Waals surface area contributed by atoms with Crippen LogP contribution in [0, 0.1) is 5.92 Å². The summed E-state index contributed by atoms with van der Waals surface area (Å²) in [5, 5.41) is 2.85. The summed E-state index contributed by atoms with van der Waals surface area (Å²) in [5.41, 5.74) is 0.482. The lowest BCUT2D eigenvalue weighted by Gasteiger charge is -2.35. The topological polar surface area (TPSA) is 67.2 Å². The number of alkyl halides is 3. The number of nitrogens with one attached hydrogen (secondary N) is 1. The van der Waals surface area contributed by atoms with Gasteiger partial charge < -0.3 is 14.8 Å². The van der Waals surface area contributed by atoms with Gasteiger partial charge in [-0.1, -0.05) is 31.4 Å². The molecule has 1 saturated heterocycles. The maximum Gasteiger partial charge on any atom is 0.449 e. The number of hydrogen-bond donors (Lipinski definition) is 1. The van der Waals surface area contributed by atoms with Crippen molar-refractivity contribution in [3.05, 3.63) is 30.1 Å². The van der Waals surface area contributed by atoms with Crippen LogP contribution >= 0.6 is 0 Å². The van der Waals surface area contributed by atoms with Gasteiger partial charge in [-0.05, 0) is 37.8 Å². The molecule has 9 heteroatoms. The Kier molecular flexibility index (Phi) is 6.20. The number of rotatable bonds is 4. The van der Waals surface area contributed by atoms with Gasteiger partial charge in [-0.3, -0.25) is 9.59 Å². The molecule has 168 valence electrons. The highest BCUT2D eigenvalue weighted by Crippen LogP contribution is 2.31. The number of halogens is 3. The Labute approximate surface area is 178 Å². The monoisotopic (exact) mass is 436 g/mol. The lowest BCUT2D eigenvalue weighted by molar-refractivity contribution is -0.147. The first-order valence-corrected chi connectivity index (χ1v) is 10.9. The summed E-state index contributed by atoms with van der Waals surface area (Å²) < 4.78 is 41.2. The van der Waals surface area contributed by atoms with Crippen molar-refractivity contribution in [1.82, 2.24) is 19.8 Å². The number of likely N-dealkylation sites (tertiary alicyclic amines) is 1. The zero-order valence-electron chi connectivity index (χ0n) is 17.3. The highest BCUT2D eigenvalue weighted by atomic mass is 19.4. The third-order valence-electron chi connectivity index (χ3n) is 6.34. The summed E-state index contributed by atoms with van der Waals surface area (Å²) in [6.07, 6.45) is 1.88. The molecule has 6 nitrogen and oxygen atoms in total. The summed E-state index contributed by atoms with van der Waals surface area (Å²) >= 11 is 0. The lowest BCUT2D eigenvalue weighted by atomic mass is 9.87. The molecule has 0 unspecified atom stereocenters. The van der Waals surface area contributed by atoms with Gasteiger partial charge in [0, 0.05) is 25.0 Å². The fourth-order valence-corrected chi connectivity index (χ4v) is 4.72. The molecule has 1 aromatic carbocycles. The zero-order valence-corrected chi connectivity index (χ0v) is 17.3. The Bertz CT molecular complexity index is 942. The van der Waals surface area contributed by atoms with Crippen molar-refractivity contribution in [2.45, 2.75) is 63.7 Å². The molecule has 1 saturated carbocycles. The van der Waals surface area contributed by atoms with Crippen LogP contribution in [-0.4, -0.2) is 45.4 Å². The summed E-state index contributed by atoms with van der Waals surface area (Å²) in [5.74, 6) is -1.22. The summed E-state index contributed by atoms with van der Waals surface area (Å²) in [7, 11) is 0. The standard InChI is InChI=1S/C22H27F3N4O2/c23-22(24,25)21-27-17-8-4-5-9-18(17)29(21)14-19(30)26-16-10-12-28(13-11-16)20(31)15-6-2-1-3-7-15/h4-5,8-9,15-16H,1-3,6-7,10-14H2,(H,26,30). The van der Waals surface area contributed by atoms with Crippen molar-refractivity contribution in [1.29, 1.82) is 0 Å². The fraction of sp³-hybridized carbons (Fsp3) is 0.591. The van der Waals surface area contributed by atoms with Crippen molar-refractivity contribution in [3.8, 4) is 0 Å². The number of benzene rings is 1. The van der Waals surface area contributed by atoms with Crippen LogP contribution in [0.1, 0.15) is 50.8 Å². The molecule has 1 aliphatic carbocycles. The van der Waals surface area contributed by atoms with Gasteiger partial charge in [0.2, 0.25) is 17.6 Å². The number of piperidine rings is 1. The van der Waals surface area contributed by atoms with Gasteiger partial charge in [0.05, 0.1) is 11.0 Å². The molecule has 0 atom stereocenters. The number of hydrogen-bond acceptors (Lipinski definition) is 3. The van der Waals surface area contributed by atoms with E-state index in [-0.39, 0.29) is 28.9 Å². The molecular weight excluding hydrogens is 409 g/mol. The molecule has 1 aromatic heterocycles. The Morgan fingerprint density at radius 3 is 2.39 bits per heavy atom. The van der Waals surface area contributed by atoms with E-state index >= 15 is 0 Å². The Hall–Kier alpha value is -2.58. The van der Waals surface area contributed by atoms with E-state index < -0.39 is 24.5 Å². The molecule has 4 rings (SSSR count). The second-order valence-corrected chi connectivity index (χ2v) is 8.51. The average Bonchev–Trinajstić information content (AvgIpc) is 3.13.